The molecule has 0 spiro atoms. The number of benzene rings is 2. The zero-order valence-corrected chi connectivity index (χ0v) is 13.6. The second-order valence-corrected chi connectivity index (χ2v) is 6.98. The van der Waals surface area contributed by atoms with Crippen LogP contribution in [0, 0.1) is 0 Å². The fourth-order valence-electron chi connectivity index (χ4n) is 2.67. The van der Waals surface area contributed by atoms with Crippen LogP contribution >= 0.6 is 11.3 Å². The third-order valence-corrected chi connectivity index (χ3v) is 4.97. The molecule has 0 amide bonds. The summed E-state index contributed by atoms with van der Waals surface area (Å²) < 4.78 is 1.44. The van der Waals surface area contributed by atoms with Crippen LogP contribution in [0.25, 0.3) is 21.6 Å². The van der Waals surface area contributed by atoms with Gasteiger partial charge in [0.2, 0.25) is 0 Å². The van der Waals surface area contributed by atoms with E-state index in [1.54, 1.807) is 0 Å². The van der Waals surface area contributed by atoms with E-state index >= 15 is 0 Å². The van der Waals surface area contributed by atoms with Gasteiger partial charge in [-0.1, -0.05) is 68.4 Å². The van der Waals surface area contributed by atoms with Gasteiger partial charge in [-0.05, 0) is 39.0 Å². The summed E-state index contributed by atoms with van der Waals surface area (Å²) in [5.74, 6) is 0.596. The number of hydrogen-bond acceptors (Lipinski definition) is 1. The highest BCUT2D eigenvalue weighted by molar-refractivity contribution is 7.23. The molecule has 2 aromatic carbocycles. The van der Waals surface area contributed by atoms with E-state index in [9.17, 15) is 0 Å². The van der Waals surface area contributed by atoms with Crippen LogP contribution < -0.4 is 4.78 Å². The lowest BCUT2D eigenvalue weighted by Gasteiger charge is -2.03. The molecule has 0 aliphatic heterocycles. The molecule has 2 heteroatoms. The quantitative estimate of drug-likeness (QED) is 0.625. The summed E-state index contributed by atoms with van der Waals surface area (Å²) in [5.41, 5.74) is 5.34. The summed E-state index contributed by atoms with van der Waals surface area (Å²) in [6, 6.07) is 21.8. The van der Waals surface area contributed by atoms with Crippen LogP contribution in [0.15, 0.2) is 60.7 Å². The summed E-state index contributed by atoms with van der Waals surface area (Å²) in [5, 5.41) is 0. The summed E-state index contributed by atoms with van der Waals surface area (Å²) in [7, 11) is 2.22. The number of hydrogen-bond donors (Lipinski definition) is 0. The van der Waals surface area contributed by atoms with Crippen LogP contribution in [0.1, 0.15) is 25.3 Å². The Morgan fingerprint density at radius 3 is 1.95 bits per heavy atom. The second kappa shape index (κ2) is 5.91. The van der Waals surface area contributed by atoms with Gasteiger partial charge in [0.15, 0.2) is 7.85 Å². The van der Waals surface area contributed by atoms with Gasteiger partial charge < -0.3 is 0 Å². The Morgan fingerprint density at radius 2 is 1.38 bits per heavy atom. The molecule has 0 saturated carbocycles. The summed E-state index contributed by atoms with van der Waals surface area (Å²) in [6.45, 7) is 4.52. The first-order chi connectivity index (χ1) is 10.1. The predicted molar refractivity (Wildman–Crippen MR) is 97.5 cm³/mol. The summed E-state index contributed by atoms with van der Waals surface area (Å²) in [4.78, 5) is 1.37. The minimum absolute atomic E-state index is 0.596. The van der Waals surface area contributed by atoms with Crippen molar-refractivity contribution < 1.29 is 0 Å². The molecule has 0 saturated heterocycles. The highest BCUT2D eigenvalue weighted by atomic mass is 32.1. The van der Waals surface area contributed by atoms with Crippen molar-refractivity contribution in [1.29, 1.82) is 0 Å². The van der Waals surface area contributed by atoms with Crippen LogP contribution in [0.4, 0.5) is 0 Å². The Labute approximate surface area is 131 Å². The van der Waals surface area contributed by atoms with Crippen LogP contribution in [-0.4, -0.2) is 7.85 Å². The van der Waals surface area contributed by atoms with Gasteiger partial charge in [0.25, 0.3) is 0 Å². The highest BCUT2D eigenvalue weighted by Crippen LogP contribution is 2.30. The Bertz CT molecular complexity index is 724. The molecule has 0 unspecified atom stereocenters. The van der Waals surface area contributed by atoms with Crippen molar-refractivity contribution in [3.05, 3.63) is 66.2 Å². The lowest BCUT2D eigenvalue weighted by atomic mass is 9.94. The summed E-state index contributed by atoms with van der Waals surface area (Å²) >= 11 is 1.90. The maximum atomic E-state index is 2.35. The van der Waals surface area contributed by atoms with E-state index < -0.39 is 0 Å². The molecule has 104 valence electrons. The first-order valence-corrected chi connectivity index (χ1v) is 8.23. The molecule has 0 aliphatic rings. The Kier molecular flexibility index (Phi) is 3.98. The maximum Gasteiger partial charge on any atom is 0.153 e. The maximum absolute atomic E-state index is 2.35. The topological polar surface area (TPSA) is 0 Å². The third kappa shape index (κ3) is 2.96. The van der Waals surface area contributed by atoms with Crippen molar-refractivity contribution in [1.82, 2.24) is 0 Å². The van der Waals surface area contributed by atoms with Crippen molar-refractivity contribution >= 4 is 24.0 Å². The molecule has 3 aromatic rings. The largest absolute Gasteiger partial charge is 0.153 e. The molecular formula is C19H19BS. The van der Waals surface area contributed by atoms with E-state index in [0.717, 1.165) is 0 Å². The van der Waals surface area contributed by atoms with Crippen LogP contribution in [0.3, 0.4) is 0 Å². The van der Waals surface area contributed by atoms with Crippen molar-refractivity contribution in [3.8, 4) is 21.6 Å². The number of thiophene rings is 1. The van der Waals surface area contributed by atoms with Gasteiger partial charge >= 0.3 is 0 Å². The van der Waals surface area contributed by atoms with E-state index in [0.29, 0.717) is 5.92 Å². The molecule has 0 atom stereocenters. The molecule has 0 radical (unpaired) electrons. The van der Waals surface area contributed by atoms with Gasteiger partial charge in [0, 0.05) is 4.88 Å². The van der Waals surface area contributed by atoms with Crippen molar-refractivity contribution in [2.24, 2.45) is 0 Å². The SMILES string of the molecule is Bc1sc(-c2ccc(-c3ccccc3)cc2)cc1C(C)C. The molecule has 0 bridgehead atoms. The minimum atomic E-state index is 0.596. The molecule has 1 aromatic heterocycles. The lowest BCUT2D eigenvalue weighted by molar-refractivity contribution is 0.878. The Hall–Kier alpha value is -1.80. The van der Waals surface area contributed by atoms with E-state index in [-0.39, 0.29) is 0 Å². The predicted octanol–water partition coefficient (Wildman–Crippen LogP) is 4.46. The van der Waals surface area contributed by atoms with E-state index in [1.165, 1.54) is 31.9 Å². The average molecular weight is 290 g/mol. The smallest absolute Gasteiger partial charge is 0.151 e. The molecule has 3 rings (SSSR count). The third-order valence-electron chi connectivity index (χ3n) is 3.85. The average Bonchev–Trinajstić information content (AvgIpc) is 2.90. The van der Waals surface area contributed by atoms with Gasteiger partial charge in [-0.3, -0.25) is 0 Å². The molecule has 0 aliphatic carbocycles. The van der Waals surface area contributed by atoms with Gasteiger partial charge in [0.05, 0.1) is 0 Å². The molecular weight excluding hydrogens is 271 g/mol. The van der Waals surface area contributed by atoms with E-state index in [1.807, 2.05) is 11.3 Å². The molecule has 21 heavy (non-hydrogen) atoms. The molecule has 0 fully saturated rings. The monoisotopic (exact) mass is 290 g/mol. The van der Waals surface area contributed by atoms with Crippen molar-refractivity contribution in [2.45, 2.75) is 19.8 Å². The van der Waals surface area contributed by atoms with Gasteiger partial charge in [-0.25, -0.2) is 0 Å². The normalized spacial score (nSPS) is 11.0. The molecule has 0 N–H and O–H groups in total. The van der Waals surface area contributed by atoms with Crippen molar-refractivity contribution in [2.75, 3.05) is 0 Å². The number of rotatable bonds is 3. The first-order valence-electron chi connectivity index (χ1n) is 7.41. The summed E-state index contributed by atoms with van der Waals surface area (Å²) in [6.07, 6.45) is 0. The molecule has 1 heterocycles. The minimum Gasteiger partial charge on any atom is -0.151 e. The lowest BCUT2D eigenvalue weighted by Crippen LogP contribution is -2.03. The fraction of sp³-hybridized carbons (Fsp3) is 0.158. The van der Waals surface area contributed by atoms with E-state index in [4.69, 9.17) is 0 Å². The zero-order chi connectivity index (χ0) is 14.8. The van der Waals surface area contributed by atoms with E-state index in [2.05, 4.69) is 82.4 Å². The van der Waals surface area contributed by atoms with Crippen LogP contribution in [-0.2, 0) is 0 Å². The van der Waals surface area contributed by atoms with Crippen molar-refractivity contribution in [3.63, 3.8) is 0 Å². The Morgan fingerprint density at radius 1 is 0.810 bits per heavy atom. The Balaban J connectivity index is 1.93. The zero-order valence-electron chi connectivity index (χ0n) is 12.8. The van der Waals surface area contributed by atoms with Crippen LogP contribution in [0.2, 0.25) is 0 Å². The van der Waals surface area contributed by atoms with Gasteiger partial charge in [-0.2, -0.15) is 11.3 Å². The highest BCUT2D eigenvalue weighted by Gasteiger charge is 2.10. The van der Waals surface area contributed by atoms with Gasteiger partial charge in [-0.15, -0.1) is 0 Å². The first kappa shape index (κ1) is 14.2. The molecule has 0 nitrogen and oxygen atoms in total. The standard InChI is InChI=1S/C19H19BS/c1-13(2)17-12-18(21-19(17)20)16-10-8-15(9-11-16)14-6-4-3-5-7-14/h3-13H,20H2,1-2H3. The van der Waals surface area contributed by atoms with Crippen LogP contribution in [0.5, 0.6) is 0 Å². The fourth-order valence-corrected chi connectivity index (χ4v) is 3.85. The van der Waals surface area contributed by atoms with Gasteiger partial charge in [0.1, 0.15) is 0 Å². The second-order valence-electron chi connectivity index (χ2n) is 5.72.